The number of nitrogens with one attached hydrogen (secondary N) is 2. The SMILES string of the molecule is CC(=O)Nc1cccc(C(C)NC(=O)c2occc2CS(=O)(=O)c2ccccc2)c1. The fourth-order valence-electron chi connectivity index (χ4n) is 3.00. The third kappa shape index (κ3) is 5.15. The number of furan rings is 1. The van der Waals surface area contributed by atoms with Gasteiger partial charge in [0.05, 0.1) is 23.0 Å². The molecule has 8 heteroatoms. The first kappa shape index (κ1) is 21.3. The Hall–Kier alpha value is -3.39. The maximum Gasteiger partial charge on any atom is 0.287 e. The lowest BCUT2D eigenvalue weighted by atomic mass is 10.1. The van der Waals surface area contributed by atoms with Crippen molar-refractivity contribution in [2.75, 3.05) is 5.32 Å². The van der Waals surface area contributed by atoms with Crippen LogP contribution in [0.5, 0.6) is 0 Å². The molecule has 7 nitrogen and oxygen atoms in total. The van der Waals surface area contributed by atoms with E-state index in [9.17, 15) is 18.0 Å². The zero-order chi connectivity index (χ0) is 21.7. The van der Waals surface area contributed by atoms with Gasteiger partial charge in [-0.05, 0) is 42.8 Å². The zero-order valence-corrected chi connectivity index (χ0v) is 17.4. The van der Waals surface area contributed by atoms with E-state index in [2.05, 4.69) is 10.6 Å². The molecule has 0 fully saturated rings. The van der Waals surface area contributed by atoms with Crippen LogP contribution in [-0.2, 0) is 20.4 Å². The van der Waals surface area contributed by atoms with Gasteiger partial charge in [0.25, 0.3) is 5.91 Å². The number of hydrogen-bond donors (Lipinski definition) is 2. The largest absolute Gasteiger partial charge is 0.459 e. The molecule has 0 spiro atoms. The van der Waals surface area contributed by atoms with Crippen LogP contribution in [0.25, 0.3) is 0 Å². The predicted octanol–water partition coefficient (Wildman–Crippen LogP) is 3.70. The topological polar surface area (TPSA) is 105 Å². The molecule has 3 aromatic rings. The van der Waals surface area contributed by atoms with Gasteiger partial charge in [0.15, 0.2) is 15.6 Å². The molecule has 1 aromatic heterocycles. The molecule has 2 N–H and O–H groups in total. The van der Waals surface area contributed by atoms with Crippen LogP contribution in [0.2, 0.25) is 0 Å². The van der Waals surface area contributed by atoms with E-state index in [1.165, 1.54) is 31.4 Å². The molecule has 1 heterocycles. The van der Waals surface area contributed by atoms with Crippen LogP contribution in [0.15, 0.2) is 76.2 Å². The van der Waals surface area contributed by atoms with Gasteiger partial charge in [-0.3, -0.25) is 9.59 Å². The summed E-state index contributed by atoms with van der Waals surface area (Å²) in [5, 5.41) is 5.50. The van der Waals surface area contributed by atoms with Crippen LogP contribution < -0.4 is 10.6 Å². The van der Waals surface area contributed by atoms with Gasteiger partial charge >= 0.3 is 0 Å². The molecule has 0 bridgehead atoms. The highest BCUT2D eigenvalue weighted by Crippen LogP contribution is 2.22. The molecule has 2 amide bonds. The Kier molecular flexibility index (Phi) is 6.37. The van der Waals surface area contributed by atoms with Crippen LogP contribution in [0, 0.1) is 0 Å². The average molecular weight is 426 g/mol. The van der Waals surface area contributed by atoms with E-state index < -0.39 is 21.8 Å². The van der Waals surface area contributed by atoms with Crippen molar-refractivity contribution in [2.24, 2.45) is 0 Å². The fourth-order valence-corrected chi connectivity index (χ4v) is 4.37. The smallest absolute Gasteiger partial charge is 0.287 e. The van der Waals surface area contributed by atoms with Crippen molar-refractivity contribution in [3.63, 3.8) is 0 Å². The van der Waals surface area contributed by atoms with E-state index in [1.807, 2.05) is 6.07 Å². The van der Waals surface area contributed by atoms with Gasteiger partial charge in [-0.25, -0.2) is 8.42 Å². The fraction of sp³-hybridized carbons (Fsp3) is 0.182. The second kappa shape index (κ2) is 8.96. The van der Waals surface area contributed by atoms with E-state index in [-0.39, 0.29) is 27.9 Å². The van der Waals surface area contributed by atoms with E-state index >= 15 is 0 Å². The summed E-state index contributed by atoms with van der Waals surface area (Å²) in [7, 11) is -3.62. The Morgan fingerprint density at radius 1 is 1.03 bits per heavy atom. The molecular formula is C22H22N2O5S. The first-order valence-electron chi connectivity index (χ1n) is 9.29. The summed E-state index contributed by atoms with van der Waals surface area (Å²) in [5.41, 5.74) is 1.68. The summed E-state index contributed by atoms with van der Waals surface area (Å²) in [5.74, 6) is -1.10. The number of rotatable bonds is 7. The van der Waals surface area contributed by atoms with Crippen LogP contribution >= 0.6 is 0 Å². The Morgan fingerprint density at radius 2 is 1.77 bits per heavy atom. The Morgan fingerprint density at radius 3 is 2.47 bits per heavy atom. The number of sulfone groups is 1. The minimum absolute atomic E-state index is 0.0422. The number of anilines is 1. The number of hydrogen-bond acceptors (Lipinski definition) is 5. The van der Waals surface area contributed by atoms with E-state index in [0.717, 1.165) is 5.56 Å². The molecule has 2 aromatic carbocycles. The molecular weight excluding hydrogens is 404 g/mol. The van der Waals surface area contributed by atoms with Gasteiger partial charge in [-0.15, -0.1) is 0 Å². The van der Waals surface area contributed by atoms with Gasteiger partial charge in [0.1, 0.15) is 0 Å². The number of carbonyl (C=O) groups excluding carboxylic acids is 2. The van der Waals surface area contributed by atoms with Crippen LogP contribution in [0.4, 0.5) is 5.69 Å². The Labute approximate surface area is 175 Å². The minimum atomic E-state index is -3.62. The van der Waals surface area contributed by atoms with Crippen molar-refractivity contribution in [2.45, 2.75) is 30.5 Å². The highest BCUT2D eigenvalue weighted by Gasteiger charge is 2.23. The summed E-state index contributed by atoms with van der Waals surface area (Å²) in [6.45, 7) is 3.20. The van der Waals surface area contributed by atoms with Crippen LogP contribution in [0.3, 0.4) is 0 Å². The van der Waals surface area contributed by atoms with Gasteiger partial charge in [0, 0.05) is 18.2 Å². The number of carbonyl (C=O) groups is 2. The second-order valence-electron chi connectivity index (χ2n) is 6.85. The maximum atomic E-state index is 12.7. The lowest BCUT2D eigenvalue weighted by Crippen LogP contribution is -2.27. The minimum Gasteiger partial charge on any atom is -0.459 e. The predicted molar refractivity (Wildman–Crippen MR) is 113 cm³/mol. The third-order valence-electron chi connectivity index (χ3n) is 4.46. The first-order chi connectivity index (χ1) is 14.3. The summed E-state index contributed by atoms with van der Waals surface area (Å²) >= 11 is 0. The van der Waals surface area contributed by atoms with Gasteiger partial charge in [-0.1, -0.05) is 30.3 Å². The lowest BCUT2D eigenvalue weighted by molar-refractivity contribution is -0.114. The summed E-state index contributed by atoms with van der Waals surface area (Å²) in [6.07, 6.45) is 1.30. The molecule has 3 rings (SSSR count). The third-order valence-corrected chi connectivity index (χ3v) is 6.14. The molecule has 156 valence electrons. The second-order valence-corrected chi connectivity index (χ2v) is 8.84. The van der Waals surface area contributed by atoms with Gasteiger partial charge in [0.2, 0.25) is 5.91 Å². The summed E-state index contributed by atoms with van der Waals surface area (Å²) in [4.78, 5) is 24.1. The monoisotopic (exact) mass is 426 g/mol. The van der Waals surface area contributed by atoms with Crippen molar-refractivity contribution >= 4 is 27.3 Å². The molecule has 0 aliphatic heterocycles. The standard InChI is InChI=1S/C22H22N2O5S/c1-15(17-7-6-8-19(13-17)24-16(2)25)23-22(26)21-18(11-12-29-21)14-30(27,28)20-9-4-3-5-10-20/h3-13,15H,14H2,1-2H3,(H,23,26)(H,24,25). The molecule has 30 heavy (non-hydrogen) atoms. The van der Waals surface area contributed by atoms with Crippen molar-refractivity contribution in [3.8, 4) is 0 Å². The molecule has 0 aliphatic carbocycles. The first-order valence-corrected chi connectivity index (χ1v) is 10.9. The highest BCUT2D eigenvalue weighted by molar-refractivity contribution is 7.90. The number of benzene rings is 2. The van der Waals surface area contributed by atoms with Crippen molar-refractivity contribution in [1.29, 1.82) is 0 Å². The Balaban J connectivity index is 1.75. The van der Waals surface area contributed by atoms with Gasteiger partial charge < -0.3 is 15.1 Å². The van der Waals surface area contributed by atoms with Crippen molar-refractivity contribution in [1.82, 2.24) is 5.32 Å². The lowest BCUT2D eigenvalue weighted by Gasteiger charge is -2.15. The van der Waals surface area contributed by atoms with Gasteiger partial charge in [-0.2, -0.15) is 0 Å². The van der Waals surface area contributed by atoms with Crippen molar-refractivity contribution in [3.05, 3.63) is 83.8 Å². The van der Waals surface area contributed by atoms with E-state index in [0.29, 0.717) is 5.69 Å². The molecule has 0 saturated carbocycles. The van der Waals surface area contributed by atoms with E-state index in [1.54, 1.807) is 43.3 Å². The highest BCUT2D eigenvalue weighted by atomic mass is 32.2. The number of amides is 2. The summed E-state index contributed by atoms with van der Waals surface area (Å²) < 4.78 is 30.6. The molecule has 1 unspecified atom stereocenters. The normalized spacial score (nSPS) is 12.2. The van der Waals surface area contributed by atoms with E-state index in [4.69, 9.17) is 4.42 Å². The van der Waals surface area contributed by atoms with Crippen LogP contribution in [0.1, 0.15) is 41.6 Å². The quantitative estimate of drug-likeness (QED) is 0.599. The van der Waals surface area contributed by atoms with Crippen LogP contribution in [-0.4, -0.2) is 20.2 Å². The molecule has 0 aliphatic rings. The Bertz CT molecular complexity index is 1150. The molecule has 1 atom stereocenters. The molecule has 0 radical (unpaired) electrons. The maximum absolute atomic E-state index is 12.7. The zero-order valence-electron chi connectivity index (χ0n) is 16.6. The molecule has 0 saturated heterocycles. The average Bonchev–Trinajstić information content (AvgIpc) is 3.16. The van der Waals surface area contributed by atoms with Crippen molar-refractivity contribution < 1.29 is 22.4 Å². The summed E-state index contributed by atoms with van der Waals surface area (Å²) in [6, 6.07) is 16.2.